The number of hydrogen-bond donors (Lipinski definition) is 3. The quantitative estimate of drug-likeness (QED) is 0.217. The topological polar surface area (TPSA) is 130 Å². The number of halogens is 4. The first-order chi connectivity index (χ1) is 16.8. The van der Waals surface area contributed by atoms with Crippen molar-refractivity contribution >= 4 is 52.4 Å². The van der Waals surface area contributed by atoms with E-state index in [9.17, 15) is 9.90 Å². The molecule has 1 unspecified atom stereocenters. The molecular formula is C22H18Cl4N6O3. The lowest BCUT2D eigenvalue weighted by molar-refractivity contribution is 0.0691. The predicted octanol–water partition coefficient (Wildman–Crippen LogP) is 6.41. The van der Waals surface area contributed by atoms with E-state index < -0.39 is 5.97 Å². The number of imidazole rings is 1. The van der Waals surface area contributed by atoms with Gasteiger partial charge in [-0.15, -0.1) is 10.2 Å². The summed E-state index contributed by atoms with van der Waals surface area (Å²) in [6, 6.07) is 8.68. The van der Waals surface area contributed by atoms with Crippen LogP contribution in [0.15, 0.2) is 30.3 Å². The van der Waals surface area contributed by atoms with Crippen molar-refractivity contribution in [2.75, 3.05) is 0 Å². The molecule has 0 amide bonds. The first-order valence-corrected chi connectivity index (χ1v) is 11.9. The number of benzene rings is 2. The molecule has 0 aliphatic heterocycles. The summed E-state index contributed by atoms with van der Waals surface area (Å²) in [7, 11) is 0. The van der Waals surface area contributed by atoms with Gasteiger partial charge in [0.15, 0.2) is 11.4 Å². The summed E-state index contributed by atoms with van der Waals surface area (Å²) in [5.41, 5.74) is 1.92. The van der Waals surface area contributed by atoms with Crippen LogP contribution in [-0.2, 0) is 6.61 Å². The number of nitrogens with one attached hydrogen (secondary N) is 2. The Morgan fingerprint density at radius 2 is 1.89 bits per heavy atom. The molecule has 0 radical (unpaired) electrons. The van der Waals surface area contributed by atoms with Gasteiger partial charge >= 0.3 is 5.97 Å². The van der Waals surface area contributed by atoms with Crippen LogP contribution in [0, 0.1) is 0 Å². The summed E-state index contributed by atoms with van der Waals surface area (Å²) in [5.74, 6) is -0.421. The molecule has 13 heteroatoms. The summed E-state index contributed by atoms with van der Waals surface area (Å²) in [6.45, 7) is 2.12. The van der Waals surface area contributed by atoms with Crippen molar-refractivity contribution < 1.29 is 14.6 Å². The number of hydrogen-bond acceptors (Lipinski definition) is 6. The molecule has 0 aliphatic rings. The third kappa shape index (κ3) is 5.54. The van der Waals surface area contributed by atoms with Crippen molar-refractivity contribution in [3.63, 3.8) is 0 Å². The molecule has 182 valence electrons. The standard InChI is InChI=1S/C22H18Cl4N6O3/c1-2-3-13(20-27-17(22(33)34)19(26)28-20)11-6-15(24)18(16(25)7-11)35-9-10-4-5-12(23)8-14(10)21-29-31-32-30-21/h4-8,13H,2-3,9H2,1H3,(H,27,28)(H,33,34)(H,29,30,31,32). The van der Waals surface area contributed by atoms with Gasteiger partial charge in [0.2, 0.25) is 5.82 Å². The van der Waals surface area contributed by atoms with Crippen molar-refractivity contribution in [1.29, 1.82) is 0 Å². The van der Waals surface area contributed by atoms with Gasteiger partial charge in [0.05, 0.1) is 10.0 Å². The number of H-pyrrole nitrogens is 2. The molecule has 3 N–H and O–H groups in total. The number of ether oxygens (including phenoxy) is 1. The molecule has 4 rings (SSSR count). The van der Waals surface area contributed by atoms with Crippen LogP contribution in [0.5, 0.6) is 5.75 Å². The number of carboxylic acids is 1. The predicted molar refractivity (Wildman–Crippen MR) is 133 cm³/mol. The first kappa shape index (κ1) is 25.2. The molecule has 0 aliphatic carbocycles. The molecule has 4 aromatic rings. The Balaban J connectivity index is 1.62. The van der Waals surface area contributed by atoms with Crippen LogP contribution >= 0.6 is 46.4 Å². The second-order valence-corrected chi connectivity index (χ2v) is 9.20. The van der Waals surface area contributed by atoms with Gasteiger partial charge in [-0.05, 0) is 41.5 Å². The molecule has 35 heavy (non-hydrogen) atoms. The van der Waals surface area contributed by atoms with Crippen LogP contribution in [0.25, 0.3) is 11.4 Å². The van der Waals surface area contributed by atoms with E-state index in [4.69, 9.17) is 51.1 Å². The minimum atomic E-state index is -1.21. The highest BCUT2D eigenvalue weighted by Crippen LogP contribution is 2.40. The highest BCUT2D eigenvalue weighted by Gasteiger charge is 2.24. The van der Waals surface area contributed by atoms with Crippen LogP contribution in [0.3, 0.4) is 0 Å². The van der Waals surface area contributed by atoms with Gasteiger partial charge in [0.1, 0.15) is 17.6 Å². The van der Waals surface area contributed by atoms with Crippen molar-refractivity contribution in [1.82, 2.24) is 30.6 Å². The third-order valence-corrected chi connectivity index (χ3v) is 6.31. The van der Waals surface area contributed by atoms with E-state index in [2.05, 4.69) is 30.6 Å². The zero-order chi connectivity index (χ0) is 25.1. The van der Waals surface area contributed by atoms with Crippen LogP contribution in [-0.4, -0.2) is 41.7 Å². The van der Waals surface area contributed by atoms with E-state index in [0.29, 0.717) is 44.5 Å². The zero-order valence-electron chi connectivity index (χ0n) is 18.1. The number of carboxylic acid groups (broad SMARTS) is 1. The molecular weight excluding hydrogens is 538 g/mol. The van der Waals surface area contributed by atoms with E-state index in [0.717, 1.165) is 17.5 Å². The molecule has 2 aromatic heterocycles. The maximum absolute atomic E-state index is 11.4. The summed E-state index contributed by atoms with van der Waals surface area (Å²) >= 11 is 25.3. The Hall–Kier alpha value is -2.85. The van der Waals surface area contributed by atoms with Gasteiger partial charge < -0.3 is 14.8 Å². The number of carbonyl (C=O) groups is 1. The Labute approximate surface area is 219 Å². The lowest BCUT2D eigenvalue weighted by atomic mass is 9.93. The third-order valence-electron chi connectivity index (χ3n) is 5.24. The normalized spacial score (nSPS) is 12.0. The number of aromatic carboxylic acids is 1. The summed E-state index contributed by atoms with van der Waals surface area (Å²) in [6.07, 6.45) is 1.46. The van der Waals surface area contributed by atoms with E-state index in [1.54, 1.807) is 30.3 Å². The maximum atomic E-state index is 11.4. The SMILES string of the molecule is CCCC(c1cc(Cl)c(OCc2ccc(Cl)cc2-c2nn[nH]n2)c(Cl)c1)c1nc(C(=O)O)c(Cl)[nH]1. The smallest absolute Gasteiger partial charge is 0.357 e. The van der Waals surface area contributed by atoms with Gasteiger partial charge in [0.25, 0.3) is 0 Å². The van der Waals surface area contributed by atoms with Gasteiger partial charge in [-0.3, -0.25) is 0 Å². The molecule has 0 bridgehead atoms. The van der Waals surface area contributed by atoms with E-state index in [-0.39, 0.29) is 23.4 Å². The highest BCUT2D eigenvalue weighted by molar-refractivity contribution is 6.37. The molecule has 0 fully saturated rings. The van der Waals surface area contributed by atoms with Gasteiger partial charge in [-0.25, -0.2) is 9.78 Å². The van der Waals surface area contributed by atoms with Crippen molar-refractivity contribution in [2.45, 2.75) is 32.3 Å². The van der Waals surface area contributed by atoms with E-state index in [1.807, 2.05) is 6.92 Å². The van der Waals surface area contributed by atoms with Gasteiger partial charge in [0, 0.05) is 22.1 Å². The average molecular weight is 556 g/mol. The van der Waals surface area contributed by atoms with Crippen LogP contribution in [0.1, 0.15) is 53.1 Å². The van der Waals surface area contributed by atoms with Crippen LogP contribution < -0.4 is 4.74 Å². The fourth-order valence-electron chi connectivity index (χ4n) is 3.65. The van der Waals surface area contributed by atoms with Crippen LogP contribution in [0.4, 0.5) is 0 Å². The molecule has 1 atom stereocenters. The fraction of sp³-hybridized carbons (Fsp3) is 0.227. The number of aromatic nitrogens is 6. The average Bonchev–Trinajstić information content (AvgIpc) is 3.47. The number of rotatable bonds is 9. The van der Waals surface area contributed by atoms with Crippen molar-refractivity contribution in [3.05, 3.63) is 73.2 Å². The number of aromatic amines is 2. The minimum absolute atomic E-state index is 0.0360. The van der Waals surface area contributed by atoms with Gasteiger partial charge in [-0.1, -0.05) is 65.8 Å². The van der Waals surface area contributed by atoms with E-state index in [1.165, 1.54) is 0 Å². The first-order valence-electron chi connectivity index (χ1n) is 10.4. The van der Waals surface area contributed by atoms with Crippen molar-refractivity contribution in [3.8, 4) is 17.1 Å². The second kappa shape index (κ2) is 10.8. The highest BCUT2D eigenvalue weighted by atomic mass is 35.5. The Kier molecular flexibility index (Phi) is 7.81. The van der Waals surface area contributed by atoms with E-state index >= 15 is 0 Å². The maximum Gasteiger partial charge on any atom is 0.357 e. The fourth-order valence-corrected chi connectivity index (χ4v) is 4.66. The number of nitrogens with zero attached hydrogens (tertiary/aromatic N) is 4. The van der Waals surface area contributed by atoms with Crippen molar-refractivity contribution in [2.24, 2.45) is 0 Å². The molecule has 0 spiro atoms. The van der Waals surface area contributed by atoms with Gasteiger partial charge in [-0.2, -0.15) is 5.21 Å². The lowest BCUT2D eigenvalue weighted by Gasteiger charge is -2.18. The molecule has 0 saturated heterocycles. The van der Waals surface area contributed by atoms with Crippen LogP contribution in [0.2, 0.25) is 20.2 Å². The summed E-state index contributed by atoms with van der Waals surface area (Å²) in [4.78, 5) is 18.4. The largest absolute Gasteiger partial charge is 0.486 e. The summed E-state index contributed by atoms with van der Waals surface area (Å²) in [5, 5.41) is 24.4. The number of tetrazole rings is 1. The molecule has 9 nitrogen and oxygen atoms in total. The molecule has 0 saturated carbocycles. The lowest BCUT2D eigenvalue weighted by Crippen LogP contribution is -2.06. The molecule has 2 aromatic carbocycles. The molecule has 2 heterocycles. The second-order valence-electron chi connectivity index (χ2n) is 7.57. The Morgan fingerprint density at radius 3 is 2.49 bits per heavy atom. The zero-order valence-corrected chi connectivity index (χ0v) is 21.2. The monoisotopic (exact) mass is 554 g/mol. The minimum Gasteiger partial charge on any atom is -0.486 e. The summed E-state index contributed by atoms with van der Waals surface area (Å²) < 4.78 is 5.97. The Morgan fingerprint density at radius 1 is 1.14 bits per heavy atom. The Bertz CT molecular complexity index is 1340.